The van der Waals surface area contributed by atoms with E-state index in [4.69, 9.17) is 0 Å². The Morgan fingerprint density at radius 2 is 2.13 bits per heavy atom. The van der Waals surface area contributed by atoms with Crippen LogP contribution < -0.4 is 5.32 Å². The predicted octanol–water partition coefficient (Wildman–Crippen LogP) is 0.105. The topological polar surface area (TPSA) is 49.4 Å². The Balaban J connectivity index is 2.35. The van der Waals surface area contributed by atoms with Crippen molar-refractivity contribution >= 4 is 9.84 Å². The van der Waals surface area contributed by atoms with Gasteiger partial charge in [0.2, 0.25) is 0 Å². The molecule has 4 nitrogen and oxygen atoms in total. The maximum atomic E-state index is 11.5. The first-order valence-electron chi connectivity index (χ1n) is 5.70. The number of nitrogens with zero attached hydrogens (tertiary/aromatic N) is 1. The van der Waals surface area contributed by atoms with Crippen molar-refractivity contribution < 1.29 is 8.42 Å². The molecule has 1 rings (SSSR count). The van der Waals surface area contributed by atoms with Crippen LogP contribution in [0.15, 0.2) is 0 Å². The average Bonchev–Trinajstić information content (AvgIpc) is 2.16. The minimum absolute atomic E-state index is 0.311. The summed E-state index contributed by atoms with van der Waals surface area (Å²) >= 11 is 0. The standard InChI is InChI=1S/C10H22N2O2S/c1-3-7-15(13,14)8-6-12-5-4-11-9-10(12)2/h10-11H,3-9H2,1-2H3. The van der Waals surface area contributed by atoms with Crippen molar-refractivity contribution in [3.8, 4) is 0 Å². The zero-order valence-corrected chi connectivity index (χ0v) is 10.5. The molecule has 1 N–H and O–H groups in total. The molecular weight excluding hydrogens is 212 g/mol. The van der Waals surface area contributed by atoms with Gasteiger partial charge >= 0.3 is 0 Å². The first-order valence-corrected chi connectivity index (χ1v) is 7.52. The summed E-state index contributed by atoms with van der Waals surface area (Å²) in [5.41, 5.74) is 0. The summed E-state index contributed by atoms with van der Waals surface area (Å²) in [4.78, 5) is 2.25. The first kappa shape index (κ1) is 12.9. The lowest BCUT2D eigenvalue weighted by Crippen LogP contribution is -2.51. The zero-order chi connectivity index (χ0) is 11.3. The maximum Gasteiger partial charge on any atom is 0.151 e. The van der Waals surface area contributed by atoms with E-state index >= 15 is 0 Å². The molecule has 0 saturated carbocycles. The van der Waals surface area contributed by atoms with Crippen LogP contribution in [0.3, 0.4) is 0 Å². The first-order chi connectivity index (χ1) is 7.05. The molecule has 0 radical (unpaired) electrons. The molecule has 0 amide bonds. The van der Waals surface area contributed by atoms with Crippen molar-refractivity contribution in [2.75, 3.05) is 37.7 Å². The SMILES string of the molecule is CCCS(=O)(=O)CCN1CCNCC1C. The van der Waals surface area contributed by atoms with Crippen LogP contribution in [0, 0.1) is 0 Å². The molecule has 1 unspecified atom stereocenters. The van der Waals surface area contributed by atoms with E-state index < -0.39 is 9.84 Å². The van der Waals surface area contributed by atoms with Gasteiger partial charge in [-0.3, -0.25) is 4.90 Å². The van der Waals surface area contributed by atoms with Gasteiger partial charge in [-0.15, -0.1) is 0 Å². The molecule has 15 heavy (non-hydrogen) atoms. The highest BCUT2D eigenvalue weighted by molar-refractivity contribution is 7.91. The quantitative estimate of drug-likeness (QED) is 0.733. The second kappa shape index (κ2) is 5.82. The van der Waals surface area contributed by atoms with E-state index in [2.05, 4.69) is 17.1 Å². The fourth-order valence-electron chi connectivity index (χ4n) is 1.88. The molecule has 1 atom stereocenters. The van der Waals surface area contributed by atoms with E-state index in [1.807, 2.05) is 6.92 Å². The van der Waals surface area contributed by atoms with Crippen LogP contribution in [0.1, 0.15) is 20.3 Å². The molecule has 0 aliphatic carbocycles. The van der Waals surface area contributed by atoms with Gasteiger partial charge in [-0.1, -0.05) is 6.92 Å². The van der Waals surface area contributed by atoms with Crippen molar-refractivity contribution in [2.24, 2.45) is 0 Å². The Bertz CT molecular complexity index is 277. The smallest absolute Gasteiger partial charge is 0.151 e. The molecule has 1 saturated heterocycles. The molecule has 0 aromatic carbocycles. The Hall–Kier alpha value is -0.130. The minimum Gasteiger partial charge on any atom is -0.314 e. The Kier molecular flexibility index (Phi) is 5.02. The fourth-order valence-corrected chi connectivity index (χ4v) is 3.22. The molecule has 1 aliphatic rings. The van der Waals surface area contributed by atoms with Crippen molar-refractivity contribution in [3.63, 3.8) is 0 Å². The molecule has 0 bridgehead atoms. The van der Waals surface area contributed by atoms with Crippen LogP contribution in [-0.4, -0.2) is 57.0 Å². The Morgan fingerprint density at radius 3 is 2.73 bits per heavy atom. The van der Waals surface area contributed by atoms with Gasteiger partial charge in [0.05, 0.1) is 5.75 Å². The largest absolute Gasteiger partial charge is 0.314 e. The second-order valence-electron chi connectivity index (χ2n) is 4.24. The molecule has 1 aliphatic heterocycles. The van der Waals surface area contributed by atoms with E-state index in [1.165, 1.54) is 0 Å². The van der Waals surface area contributed by atoms with Crippen LogP contribution in [0.25, 0.3) is 0 Å². The maximum absolute atomic E-state index is 11.5. The van der Waals surface area contributed by atoms with E-state index in [1.54, 1.807) is 0 Å². The van der Waals surface area contributed by atoms with Gasteiger partial charge in [-0.25, -0.2) is 8.42 Å². The Labute approximate surface area is 93.0 Å². The summed E-state index contributed by atoms with van der Waals surface area (Å²) in [5, 5.41) is 3.30. The molecule has 90 valence electrons. The van der Waals surface area contributed by atoms with Crippen LogP contribution in [-0.2, 0) is 9.84 Å². The summed E-state index contributed by atoms with van der Waals surface area (Å²) in [6.07, 6.45) is 0.722. The van der Waals surface area contributed by atoms with Crippen LogP contribution in [0.2, 0.25) is 0 Å². The van der Waals surface area contributed by atoms with Crippen molar-refractivity contribution in [1.29, 1.82) is 0 Å². The summed E-state index contributed by atoms with van der Waals surface area (Å²) in [6.45, 7) is 7.63. The van der Waals surface area contributed by atoms with Gasteiger partial charge < -0.3 is 5.32 Å². The van der Waals surface area contributed by atoms with Crippen LogP contribution in [0.5, 0.6) is 0 Å². The van der Waals surface area contributed by atoms with Crippen LogP contribution >= 0.6 is 0 Å². The molecule has 5 heteroatoms. The van der Waals surface area contributed by atoms with E-state index in [-0.39, 0.29) is 0 Å². The lowest BCUT2D eigenvalue weighted by Gasteiger charge is -2.33. The average molecular weight is 234 g/mol. The van der Waals surface area contributed by atoms with Gasteiger partial charge in [0.15, 0.2) is 9.84 Å². The highest BCUT2D eigenvalue weighted by atomic mass is 32.2. The van der Waals surface area contributed by atoms with E-state index in [9.17, 15) is 8.42 Å². The van der Waals surface area contributed by atoms with Gasteiger partial charge in [-0.05, 0) is 13.3 Å². The van der Waals surface area contributed by atoms with Crippen molar-refractivity contribution in [1.82, 2.24) is 10.2 Å². The normalized spacial score (nSPS) is 24.3. The Morgan fingerprint density at radius 1 is 1.40 bits per heavy atom. The summed E-state index contributed by atoms with van der Waals surface area (Å²) < 4.78 is 23.1. The molecule has 0 spiro atoms. The van der Waals surface area contributed by atoms with Gasteiger partial charge in [0.25, 0.3) is 0 Å². The van der Waals surface area contributed by atoms with Crippen molar-refractivity contribution in [3.05, 3.63) is 0 Å². The lowest BCUT2D eigenvalue weighted by molar-refractivity contribution is 0.184. The third-order valence-electron chi connectivity index (χ3n) is 2.84. The van der Waals surface area contributed by atoms with Gasteiger partial charge in [0.1, 0.15) is 0 Å². The number of hydrogen-bond acceptors (Lipinski definition) is 4. The zero-order valence-electron chi connectivity index (χ0n) is 9.70. The monoisotopic (exact) mass is 234 g/mol. The second-order valence-corrected chi connectivity index (χ2v) is 6.54. The number of rotatable bonds is 5. The molecule has 0 aromatic heterocycles. The fraction of sp³-hybridized carbons (Fsp3) is 1.00. The van der Waals surface area contributed by atoms with E-state index in [0.29, 0.717) is 24.1 Å². The molecule has 1 heterocycles. The summed E-state index contributed by atoms with van der Waals surface area (Å²) in [6, 6.07) is 0.454. The predicted molar refractivity (Wildman–Crippen MR) is 62.8 cm³/mol. The summed E-state index contributed by atoms with van der Waals surface area (Å²) in [5.74, 6) is 0.638. The minimum atomic E-state index is -2.82. The number of hydrogen-bond donors (Lipinski definition) is 1. The number of piperazine rings is 1. The van der Waals surface area contributed by atoms with Crippen molar-refractivity contribution in [2.45, 2.75) is 26.3 Å². The highest BCUT2D eigenvalue weighted by Gasteiger charge is 2.19. The highest BCUT2D eigenvalue weighted by Crippen LogP contribution is 2.03. The van der Waals surface area contributed by atoms with Crippen LogP contribution in [0.4, 0.5) is 0 Å². The number of nitrogens with one attached hydrogen (secondary N) is 1. The molecule has 1 fully saturated rings. The number of sulfone groups is 1. The van der Waals surface area contributed by atoms with E-state index in [0.717, 1.165) is 26.1 Å². The van der Waals surface area contributed by atoms with Gasteiger partial charge in [0, 0.05) is 38.0 Å². The third kappa shape index (κ3) is 4.49. The molecule has 0 aromatic rings. The lowest BCUT2D eigenvalue weighted by atomic mass is 10.2. The summed E-state index contributed by atoms with van der Waals surface area (Å²) in [7, 11) is -2.82. The van der Waals surface area contributed by atoms with Gasteiger partial charge in [-0.2, -0.15) is 0 Å². The molecular formula is C10H22N2O2S. The third-order valence-corrected chi connectivity index (χ3v) is 4.68.